The van der Waals surface area contributed by atoms with Gasteiger partial charge in [0.25, 0.3) is 5.91 Å². The molecule has 6 heteroatoms. The topological polar surface area (TPSA) is 57.6 Å². The molecule has 0 aromatic carbocycles. The lowest BCUT2D eigenvalue weighted by Crippen LogP contribution is -2.39. The van der Waals surface area contributed by atoms with E-state index in [9.17, 15) is 9.59 Å². The summed E-state index contributed by atoms with van der Waals surface area (Å²) in [6.45, 7) is 4.09. The van der Waals surface area contributed by atoms with Crippen molar-refractivity contribution >= 4 is 39.1 Å². The fraction of sp³-hybridized carbons (Fsp3) is 0.455. The van der Waals surface area contributed by atoms with Crippen LogP contribution < -0.4 is 0 Å². The van der Waals surface area contributed by atoms with Crippen LogP contribution in [0.25, 0.3) is 0 Å². The number of carboxylic acids is 1. The van der Waals surface area contributed by atoms with Crippen LogP contribution in [0.4, 0.5) is 0 Å². The summed E-state index contributed by atoms with van der Waals surface area (Å²) < 4.78 is 0.758. The highest BCUT2D eigenvalue weighted by atomic mass is 79.9. The Labute approximate surface area is 112 Å². The molecule has 1 heterocycles. The number of carbonyl (C=O) groups is 2. The number of carbonyl (C=O) groups excluding carboxylic acids is 1. The molecule has 0 aliphatic heterocycles. The van der Waals surface area contributed by atoms with Crippen LogP contribution >= 0.6 is 27.3 Å². The van der Waals surface area contributed by atoms with Crippen LogP contribution in [0.2, 0.25) is 0 Å². The molecule has 0 bridgehead atoms. The molecular weight excluding hydrogens is 306 g/mol. The minimum Gasteiger partial charge on any atom is -0.481 e. The molecule has 17 heavy (non-hydrogen) atoms. The van der Waals surface area contributed by atoms with E-state index >= 15 is 0 Å². The second kappa shape index (κ2) is 6.16. The van der Waals surface area contributed by atoms with Gasteiger partial charge in [-0.3, -0.25) is 9.59 Å². The summed E-state index contributed by atoms with van der Waals surface area (Å²) in [5.74, 6) is -1.02. The Morgan fingerprint density at radius 3 is 2.65 bits per heavy atom. The Bertz CT molecular complexity index is 419. The van der Waals surface area contributed by atoms with E-state index in [4.69, 9.17) is 5.11 Å². The maximum absolute atomic E-state index is 12.2. The average molecular weight is 320 g/mol. The van der Waals surface area contributed by atoms with Gasteiger partial charge in [0.05, 0.1) is 6.42 Å². The highest BCUT2D eigenvalue weighted by molar-refractivity contribution is 9.10. The zero-order valence-corrected chi connectivity index (χ0v) is 12.0. The van der Waals surface area contributed by atoms with E-state index in [-0.39, 0.29) is 18.4 Å². The second-order valence-corrected chi connectivity index (χ2v) is 5.41. The van der Waals surface area contributed by atoms with Gasteiger partial charge in [-0.1, -0.05) is 0 Å². The smallest absolute Gasteiger partial charge is 0.305 e. The molecule has 0 aliphatic rings. The van der Waals surface area contributed by atoms with Crippen molar-refractivity contribution in [1.29, 1.82) is 0 Å². The number of carboxylic acid groups (broad SMARTS) is 1. The summed E-state index contributed by atoms with van der Waals surface area (Å²) in [7, 11) is 0. The van der Waals surface area contributed by atoms with Gasteiger partial charge in [0.1, 0.15) is 4.88 Å². The van der Waals surface area contributed by atoms with Gasteiger partial charge in [-0.2, -0.15) is 0 Å². The highest BCUT2D eigenvalue weighted by Gasteiger charge is 2.24. The number of hydrogen-bond donors (Lipinski definition) is 1. The number of rotatable bonds is 5. The van der Waals surface area contributed by atoms with Crippen molar-refractivity contribution in [2.24, 2.45) is 0 Å². The fourth-order valence-electron chi connectivity index (χ4n) is 1.60. The second-order valence-electron chi connectivity index (χ2n) is 3.64. The first kappa shape index (κ1) is 14.2. The lowest BCUT2D eigenvalue weighted by atomic mass is 10.2. The van der Waals surface area contributed by atoms with Crippen LogP contribution in [-0.4, -0.2) is 34.5 Å². The number of hydrogen-bond acceptors (Lipinski definition) is 3. The predicted octanol–water partition coefficient (Wildman–Crippen LogP) is 2.84. The molecule has 1 amide bonds. The standard InChI is InChI=1S/C11H14BrNO3S/c1-3-13(7(2)6-9(14)15)11(16)10-8(12)4-5-17-10/h4-5,7H,3,6H2,1-2H3,(H,14,15). The van der Waals surface area contributed by atoms with Gasteiger partial charge in [-0.25, -0.2) is 0 Å². The van der Waals surface area contributed by atoms with Gasteiger partial charge in [0.15, 0.2) is 0 Å². The van der Waals surface area contributed by atoms with Crippen molar-refractivity contribution in [3.05, 3.63) is 20.8 Å². The predicted molar refractivity (Wildman–Crippen MR) is 70.4 cm³/mol. The van der Waals surface area contributed by atoms with Crippen LogP contribution in [0.3, 0.4) is 0 Å². The third kappa shape index (κ3) is 3.54. The number of aliphatic carboxylic acids is 1. The first-order chi connectivity index (χ1) is 7.97. The van der Waals surface area contributed by atoms with Crippen LogP contribution in [0.1, 0.15) is 29.9 Å². The third-order valence-electron chi connectivity index (χ3n) is 2.42. The Kier molecular flexibility index (Phi) is 5.14. The normalized spacial score (nSPS) is 12.2. The summed E-state index contributed by atoms with van der Waals surface area (Å²) in [5, 5.41) is 10.6. The molecule has 1 N–H and O–H groups in total. The summed E-state index contributed by atoms with van der Waals surface area (Å²) in [6, 6.07) is 1.51. The number of amides is 1. The van der Waals surface area contributed by atoms with Crippen LogP contribution in [0.15, 0.2) is 15.9 Å². The lowest BCUT2D eigenvalue weighted by Gasteiger charge is -2.26. The minimum atomic E-state index is -0.894. The summed E-state index contributed by atoms with van der Waals surface area (Å²) in [6.07, 6.45) is -0.0391. The molecule has 1 aromatic rings. The van der Waals surface area contributed by atoms with Gasteiger partial charge in [0.2, 0.25) is 0 Å². The molecule has 0 fully saturated rings. The van der Waals surface area contributed by atoms with E-state index < -0.39 is 5.97 Å². The van der Waals surface area contributed by atoms with Crippen LogP contribution in [0, 0.1) is 0 Å². The molecule has 1 atom stereocenters. The number of halogens is 1. The highest BCUT2D eigenvalue weighted by Crippen LogP contribution is 2.25. The van der Waals surface area contributed by atoms with Gasteiger partial charge in [-0.05, 0) is 41.2 Å². The Morgan fingerprint density at radius 2 is 2.24 bits per heavy atom. The van der Waals surface area contributed by atoms with Gasteiger partial charge in [-0.15, -0.1) is 11.3 Å². The summed E-state index contributed by atoms with van der Waals surface area (Å²) in [4.78, 5) is 25.0. The van der Waals surface area contributed by atoms with Crippen molar-refractivity contribution < 1.29 is 14.7 Å². The molecule has 0 saturated carbocycles. The Hall–Kier alpha value is -0.880. The Morgan fingerprint density at radius 1 is 1.59 bits per heavy atom. The number of thiophene rings is 1. The van der Waals surface area contributed by atoms with E-state index in [0.717, 1.165) is 4.47 Å². The van der Waals surface area contributed by atoms with Crippen molar-refractivity contribution in [2.75, 3.05) is 6.54 Å². The first-order valence-electron chi connectivity index (χ1n) is 5.23. The van der Waals surface area contributed by atoms with E-state index in [1.165, 1.54) is 11.3 Å². The first-order valence-corrected chi connectivity index (χ1v) is 6.90. The molecule has 0 saturated heterocycles. The fourth-order valence-corrected chi connectivity index (χ4v) is 3.09. The van der Waals surface area contributed by atoms with Gasteiger partial charge in [0, 0.05) is 17.1 Å². The maximum atomic E-state index is 12.2. The SMILES string of the molecule is CCN(C(=O)c1sccc1Br)C(C)CC(=O)O. The van der Waals surface area contributed by atoms with E-state index in [2.05, 4.69) is 15.9 Å². The molecule has 4 nitrogen and oxygen atoms in total. The third-order valence-corrected chi connectivity index (χ3v) is 4.24. The zero-order valence-electron chi connectivity index (χ0n) is 9.64. The lowest BCUT2D eigenvalue weighted by molar-refractivity contribution is -0.138. The summed E-state index contributed by atoms with van der Waals surface area (Å²) >= 11 is 4.66. The largest absolute Gasteiger partial charge is 0.481 e. The van der Waals surface area contributed by atoms with E-state index in [0.29, 0.717) is 11.4 Å². The molecule has 1 unspecified atom stereocenters. The molecular formula is C11H14BrNO3S. The van der Waals surface area contributed by atoms with Crippen molar-refractivity contribution in [3.63, 3.8) is 0 Å². The summed E-state index contributed by atoms with van der Waals surface area (Å²) in [5.41, 5.74) is 0. The van der Waals surface area contributed by atoms with Crippen LogP contribution in [0.5, 0.6) is 0 Å². The molecule has 0 aliphatic carbocycles. The maximum Gasteiger partial charge on any atom is 0.305 e. The Balaban J connectivity index is 2.84. The zero-order chi connectivity index (χ0) is 13.0. The monoisotopic (exact) mass is 319 g/mol. The van der Waals surface area contributed by atoms with Crippen LogP contribution in [-0.2, 0) is 4.79 Å². The minimum absolute atomic E-state index is 0.0391. The van der Waals surface area contributed by atoms with Crippen molar-refractivity contribution in [3.8, 4) is 0 Å². The molecule has 1 aromatic heterocycles. The molecule has 0 spiro atoms. The van der Waals surface area contributed by atoms with Gasteiger partial charge < -0.3 is 10.0 Å². The molecule has 0 radical (unpaired) electrons. The quantitative estimate of drug-likeness (QED) is 0.907. The van der Waals surface area contributed by atoms with Gasteiger partial charge >= 0.3 is 5.97 Å². The van der Waals surface area contributed by atoms with E-state index in [1.54, 1.807) is 11.8 Å². The number of nitrogens with zero attached hydrogens (tertiary/aromatic N) is 1. The van der Waals surface area contributed by atoms with E-state index in [1.807, 2.05) is 18.4 Å². The van der Waals surface area contributed by atoms with Crippen molar-refractivity contribution in [1.82, 2.24) is 4.90 Å². The average Bonchev–Trinajstić information content (AvgIpc) is 2.64. The molecule has 94 valence electrons. The molecule has 1 rings (SSSR count). The van der Waals surface area contributed by atoms with Crippen molar-refractivity contribution in [2.45, 2.75) is 26.3 Å².